The number of ether oxygens (including phenoxy) is 1. The average molecular weight is 200 g/mol. The maximum absolute atomic E-state index is 5.66. The lowest BCUT2D eigenvalue weighted by atomic mass is 9.85. The molecular weight excluding hydrogens is 184 g/mol. The molecule has 78 valence electrons. The summed E-state index contributed by atoms with van der Waals surface area (Å²) in [5.74, 6) is 2.35. The Morgan fingerprint density at radius 1 is 1.33 bits per heavy atom. The second-order valence-electron chi connectivity index (χ2n) is 3.89. The summed E-state index contributed by atoms with van der Waals surface area (Å²) in [4.78, 5) is 0. The van der Waals surface area contributed by atoms with E-state index in [2.05, 4.69) is 36.5 Å². The van der Waals surface area contributed by atoms with E-state index in [1.54, 1.807) is 0 Å². The fraction of sp³-hybridized carbons (Fsp3) is 0.286. The van der Waals surface area contributed by atoms with Crippen LogP contribution in [0.1, 0.15) is 20.8 Å². The summed E-state index contributed by atoms with van der Waals surface area (Å²) in [5, 5.41) is 0. The molecule has 0 bridgehead atoms. The monoisotopic (exact) mass is 200 g/mol. The van der Waals surface area contributed by atoms with Crippen molar-refractivity contribution in [3.63, 3.8) is 0 Å². The molecule has 0 saturated carbocycles. The van der Waals surface area contributed by atoms with Gasteiger partial charge in [-0.15, -0.1) is 0 Å². The Labute approximate surface area is 91.1 Å². The third-order valence-corrected chi connectivity index (χ3v) is 2.69. The highest BCUT2D eigenvalue weighted by atomic mass is 16.5. The van der Waals surface area contributed by atoms with E-state index in [0.717, 1.165) is 11.5 Å². The SMILES string of the molecule is C/C=C\C1C=CC=C2C=C(C)OC(C)=C21. The van der Waals surface area contributed by atoms with Crippen molar-refractivity contribution in [1.82, 2.24) is 0 Å². The minimum atomic E-state index is 0.361. The highest BCUT2D eigenvalue weighted by Gasteiger charge is 2.21. The number of hydrogen-bond donors (Lipinski definition) is 0. The first-order valence-corrected chi connectivity index (χ1v) is 5.31. The molecule has 2 rings (SSSR count). The fourth-order valence-corrected chi connectivity index (χ4v) is 2.13. The molecule has 1 aliphatic carbocycles. The highest BCUT2D eigenvalue weighted by Crippen LogP contribution is 2.35. The Morgan fingerprint density at radius 3 is 2.87 bits per heavy atom. The van der Waals surface area contributed by atoms with E-state index in [4.69, 9.17) is 4.74 Å². The van der Waals surface area contributed by atoms with Crippen molar-refractivity contribution in [3.8, 4) is 0 Å². The Balaban J connectivity index is 2.44. The molecule has 0 amide bonds. The van der Waals surface area contributed by atoms with E-state index in [0.29, 0.717) is 5.92 Å². The first-order chi connectivity index (χ1) is 7.22. The van der Waals surface area contributed by atoms with Crippen LogP contribution in [0, 0.1) is 5.92 Å². The van der Waals surface area contributed by atoms with Gasteiger partial charge in [-0.2, -0.15) is 0 Å². The standard InChI is InChI=1S/C14H16O/c1-4-6-12-7-5-8-13-9-10(2)15-11(3)14(12)13/h4-9,12H,1-3H3/b6-4-. The predicted molar refractivity (Wildman–Crippen MR) is 63.1 cm³/mol. The van der Waals surface area contributed by atoms with Crippen LogP contribution in [0.25, 0.3) is 0 Å². The maximum Gasteiger partial charge on any atom is 0.105 e. The maximum atomic E-state index is 5.66. The van der Waals surface area contributed by atoms with Crippen LogP contribution in [0.5, 0.6) is 0 Å². The fourth-order valence-electron chi connectivity index (χ4n) is 2.13. The van der Waals surface area contributed by atoms with E-state index < -0.39 is 0 Å². The van der Waals surface area contributed by atoms with Gasteiger partial charge in [0.1, 0.15) is 11.5 Å². The van der Waals surface area contributed by atoms with Crippen molar-refractivity contribution < 1.29 is 4.74 Å². The molecule has 2 aliphatic rings. The molecule has 0 N–H and O–H groups in total. The molecule has 0 radical (unpaired) electrons. The molecule has 0 aromatic heterocycles. The zero-order valence-electron chi connectivity index (χ0n) is 9.45. The molecule has 0 saturated heterocycles. The quantitative estimate of drug-likeness (QED) is 0.583. The van der Waals surface area contributed by atoms with Gasteiger partial charge in [-0.25, -0.2) is 0 Å². The Bertz CT molecular complexity index is 417. The van der Waals surface area contributed by atoms with Gasteiger partial charge in [-0.1, -0.05) is 30.4 Å². The van der Waals surface area contributed by atoms with Crippen molar-refractivity contribution in [1.29, 1.82) is 0 Å². The second kappa shape index (κ2) is 3.93. The van der Waals surface area contributed by atoms with Crippen LogP contribution >= 0.6 is 0 Å². The summed E-state index contributed by atoms with van der Waals surface area (Å²) in [6, 6.07) is 0. The topological polar surface area (TPSA) is 9.23 Å². The normalized spacial score (nSPS) is 24.9. The van der Waals surface area contributed by atoms with Gasteiger partial charge >= 0.3 is 0 Å². The van der Waals surface area contributed by atoms with Gasteiger partial charge in [0.25, 0.3) is 0 Å². The van der Waals surface area contributed by atoms with E-state index >= 15 is 0 Å². The van der Waals surface area contributed by atoms with Gasteiger partial charge in [0, 0.05) is 11.5 Å². The summed E-state index contributed by atoms with van der Waals surface area (Å²) >= 11 is 0. The third-order valence-electron chi connectivity index (χ3n) is 2.69. The van der Waals surface area contributed by atoms with Crippen LogP contribution in [0.4, 0.5) is 0 Å². The van der Waals surface area contributed by atoms with Gasteiger partial charge < -0.3 is 4.74 Å². The average Bonchev–Trinajstić information content (AvgIpc) is 2.17. The molecule has 1 heteroatoms. The zero-order chi connectivity index (χ0) is 10.8. The molecule has 1 heterocycles. The number of allylic oxidation sites excluding steroid dienone is 10. The van der Waals surface area contributed by atoms with Gasteiger partial charge in [0.15, 0.2) is 0 Å². The first kappa shape index (κ1) is 10.0. The van der Waals surface area contributed by atoms with E-state index in [1.165, 1.54) is 11.1 Å². The third kappa shape index (κ3) is 1.82. The second-order valence-corrected chi connectivity index (χ2v) is 3.89. The van der Waals surface area contributed by atoms with Gasteiger partial charge in [-0.05, 0) is 32.4 Å². The summed E-state index contributed by atoms with van der Waals surface area (Å²) in [7, 11) is 0. The Hall–Kier alpha value is -1.50. The van der Waals surface area contributed by atoms with Crippen LogP contribution in [-0.4, -0.2) is 0 Å². The Kier molecular flexibility index (Phi) is 2.63. The van der Waals surface area contributed by atoms with Crippen molar-refractivity contribution in [3.05, 3.63) is 59.1 Å². The van der Waals surface area contributed by atoms with E-state index in [-0.39, 0.29) is 0 Å². The summed E-state index contributed by atoms with van der Waals surface area (Å²) < 4.78 is 5.66. The van der Waals surface area contributed by atoms with Crippen LogP contribution in [0.3, 0.4) is 0 Å². The number of hydrogen-bond acceptors (Lipinski definition) is 1. The molecule has 0 aromatic carbocycles. The number of rotatable bonds is 1. The van der Waals surface area contributed by atoms with Crippen molar-refractivity contribution >= 4 is 0 Å². The van der Waals surface area contributed by atoms with Gasteiger partial charge in [-0.3, -0.25) is 0 Å². The summed E-state index contributed by atoms with van der Waals surface area (Å²) in [6.07, 6.45) is 12.8. The molecule has 1 aliphatic heterocycles. The molecule has 1 unspecified atom stereocenters. The highest BCUT2D eigenvalue weighted by molar-refractivity contribution is 5.53. The molecule has 0 spiro atoms. The molecule has 0 aromatic rings. The number of fused-ring (bicyclic) bond motifs is 1. The summed E-state index contributed by atoms with van der Waals surface area (Å²) in [6.45, 7) is 6.08. The molecule has 15 heavy (non-hydrogen) atoms. The van der Waals surface area contributed by atoms with Crippen LogP contribution in [-0.2, 0) is 4.74 Å². The smallest absolute Gasteiger partial charge is 0.105 e. The molecule has 0 fully saturated rings. The first-order valence-electron chi connectivity index (χ1n) is 5.31. The van der Waals surface area contributed by atoms with Crippen molar-refractivity contribution in [2.75, 3.05) is 0 Å². The minimum Gasteiger partial charge on any atom is -0.466 e. The zero-order valence-corrected chi connectivity index (χ0v) is 9.45. The van der Waals surface area contributed by atoms with Gasteiger partial charge in [0.05, 0.1) is 0 Å². The molecular formula is C14H16O. The van der Waals surface area contributed by atoms with Crippen LogP contribution < -0.4 is 0 Å². The lowest BCUT2D eigenvalue weighted by molar-refractivity contribution is 0.297. The van der Waals surface area contributed by atoms with E-state index in [1.807, 2.05) is 20.8 Å². The largest absolute Gasteiger partial charge is 0.466 e. The Morgan fingerprint density at radius 2 is 2.13 bits per heavy atom. The van der Waals surface area contributed by atoms with Crippen molar-refractivity contribution in [2.24, 2.45) is 5.92 Å². The minimum absolute atomic E-state index is 0.361. The lowest BCUT2D eigenvalue weighted by Gasteiger charge is -2.25. The van der Waals surface area contributed by atoms with Gasteiger partial charge in [0.2, 0.25) is 0 Å². The van der Waals surface area contributed by atoms with E-state index in [9.17, 15) is 0 Å². The predicted octanol–water partition coefficient (Wildman–Crippen LogP) is 3.88. The van der Waals surface area contributed by atoms with Crippen molar-refractivity contribution in [2.45, 2.75) is 20.8 Å². The molecule has 1 atom stereocenters. The summed E-state index contributed by atoms with van der Waals surface area (Å²) in [5.41, 5.74) is 2.57. The van der Waals surface area contributed by atoms with Crippen LogP contribution in [0.15, 0.2) is 59.1 Å². The van der Waals surface area contributed by atoms with Crippen LogP contribution in [0.2, 0.25) is 0 Å². The molecule has 1 nitrogen and oxygen atoms in total. The lowest BCUT2D eigenvalue weighted by Crippen LogP contribution is -2.11.